The quantitative estimate of drug-likeness (QED) is 0.405. The number of carbonyl (C=O) groups excluding carboxylic acids is 3. The third-order valence-corrected chi connectivity index (χ3v) is 6.22. The maximum Gasteiger partial charge on any atom is 0.326 e. The van der Waals surface area contributed by atoms with E-state index in [1.54, 1.807) is 11.8 Å². The molecule has 0 atom stereocenters. The first-order valence-electron chi connectivity index (χ1n) is 9.40. The van der Waals surface area contributed by atoms with E-state index in [9.17, 15) is 14.4 Å². The molecule has 0 bridgehead atoms. The van der Waals surface area contributed by atoms with Gasteiger partial charge in [0.2, 0.25) is 0 Å². The van der Waals surface area contributed by atoms with Crippen LogP contribution < -0.4 is 4.90 Å². The van der Waals surface area contributed by atoms with Crippen molar-refractivity contribution in [2.75, 3.05) is 18.1 Å². The van der Waals surface area contributed by atoms with Crippen molar-refractivity contribution < 1.29 is 19.1 Å². The van der Waals surface area contributed by atoms with E-state index >= 15 is 0 Å². The first-order chi connectivity index (χ1) is 14.5. The highest BCUT2D eigenvalue weighted by atomic mass is 32.2. The van der Waals surface area contributed by atoms with Gasteiger partial charge in [-0.1, -0.05) is 72.5 Å². The lowest BCUT2D eigenvalue weighted by Crippen LogP contribution is -2.34. The van der Waals surface area contributed by atoms with Gasteiger partial charge in [0.05, 0.1) is 29.3 Å². The van der Waals surface area contributed by atoms with Crippen LogP contribution in [0.3, 0.4) is 0 Å². The lowest BCUT2D eigenvalue weighted by atomic mass is 10.1. The number of para-hydroxylation sites is 1. The number of nitrogens with zero attached hydrogens (tertiary/aromatic N) is 2. The van der Waals surface area contributed by atoms with Crippen LogP contribution in [0, 0.1) is 0 Å². The Morgan fingerprint density at radius 2 is 1.70 bits per heavy atom. The Labute approximate surface area is 183 Å². The van der Waals surface area contributed by atoms with Gasteiger partial charge in [-0.3, -0.25) is 19.3 Å². The van der Waals surface area contributed by atoms with Gasteiger partial charge in [0, 0.05) is 5.56 Å². The number of thiocarbonyl (C=S) groups is 1. The number of amides is 2. The van der Waals surface area contributed by atoms with E-state index in [-0.39, 0.29) is 28.3 Å². The number of fused-ring (bicyclic) bond motifs is 1. The number of carbonyl (C=O) groups is 3. The van der Waals surface area contributed by atoms with Gasteiger partial charge in [-0.2, -0.15) is 0 Å². The average Bonchev–Trinajstić information content (AvgIpc) is 3.17. The van der Waals surface area contributed by atoms with Crippen molar-refractivity contribution in [1.29, 1.82) is 0 Å². The van der Waals surface area contributed by atoms with E-state index in [4.69, 9.17) is 17.0 Å². The third kappa shape index (κ3) is 3.64. The third-order valence-electron chi connectivity index (χ3n) is 4.78. The van der Waals surface area contributed by atoms with Crippen LogP contribution in [0.2, 0.25) is 0 Å². The molecule has 1 saturated heterocycles. The predicted molar refractivity (Wildman–Crippen MR) is 120 cm³/mol. The predicted octanol–water partition coefficient (Wildman–Crippen LogP) is 3.37. The Balaban J connectivity index is 1.71. The molecule has 2 amide bonds. The molecule has 2 aliphatic heterocycles. The summed E-state index contributed by atoms with van der Waals surface area (Å²) in [7, 11) is 0. The molecule has 0 spiro atoms. The number of thioether (sulfide) groups is 1. The van der Waals surface area contributed by atoms with Gasteiger partial charge < -0.3 is 9.64 Å². The lowest BCUT2D eigenvalue weighted by Gasteiger charge is -2.17. The molecule has 2 aliphatic rings. The van der Waals surface area contributed by atoms with Crippen molar-refractivity contribution in [3.8, 4) is 0 Å². The first-order valence-corrected chi connectivity index (χ1v) is 10.6. The van der Waals surface area contributed by atoms with Gasteiger partial charge in [-0.05, 0) is 18.6 Å². The molecular formula is C22H18N2O4S2. The molecule has 1 fully saturated rings. The van der Waals surface area contributed by atoms with Crippen LogP contribution in [0.25, 0.3) is 5.57 Å². The van der Waals surface area contributed by atoms with Crippen molar-refractivity contribution >= 4 is 57.3 Å². The maximum atomic E-state index is 13.4. The zero-order valence-electron chi connectivity index (χ0n) is 16.2. The Hall–Kier alpha value is -2.97. The van der Waals surface area contributed by atoms with Gasteiger partial charge in [0.25, 0.3) is 11.8 Å². The molecule has 152 valence electrons. The second-order valence-electron chi connectivity index (χ2n) is 6.66. The van der Waals surface area contributed by atoms with Crippen molar-refractivity contribution in [2.24, 2.45) is 0 Å². The minimum absolute atomic E-state index is 0.217. The number of rotatable bonds is 5. The Morgan fingerprint density at radius 3 is 2.43 bits per heavy atom. The lowest BCUT2D eigenvalue weighted by molar-refractivity contribution is -0.145. The monoisotopic (exact) mass is 438 g/mol. The number of hydrogen-bond donors (Lipinski definition) is 0. The number of benzene rings is 2. The van der Waals surface area contributed by atoms with Gasteiger partial charge in [0.1, 0.15) is 10.9 Å². The van der Waals surface area contributed by atoms with Crippen LogP contribution in [-0.4, -0.2) is 40.2 Å². The van der Waals surface area contributed by atoms with Gasteiger partial charge >= 0.3 is 5.97 Å². The summed E-state index contributed by atoms with van der Waals surface area (Å²) in [5.41, 5.74) is 2.74. The fourth-order valence-electron chi connectivity index (χ4n) is 3.44. The highest BCUT2D eigenvalue weighted by molar-refractivity contribution is 8.26. The van der Waals surface area contributed by atoms with Crippen molar-refractivity contribution in [1.82, 2.24) is 4.90 Å². The molecule has 0 radical (unpaired) electrons. The minimum atomic E-state index is -0.538. The average molecular weight is 439 g/mol. The van der Waals surface area contributed by atoms with E-state index in [1.165, 1.54) is 4.90 Å². The molecule has 2 heterocycles. The summed E-state index contributed by atoms with van der Waals surface area (Å²) < 4.78 is 5.17. The molecule has 0 N–H and O–H groups in total. The van der Waals surface area contributed by atoms with Gasteiger partial charge in [-0.25, -0.2) is 0 Å². The number of anilines is 1. The van der Waals surface area contributed by atoms with Gasteiger partial charge in [-0.15, -0.1) is 0 Å². The van der Waals surface area contributed by atoms with E-state index < -0.39 is 11.9 Å². The molecule has 6 nitrogen and oxygen atoms in total. The summed E-state index contributed by atoms with van der Waals surface area (Å²) in [6.45, 7) is 2.04. The van der Waals surface area contributed by atoms with Crippen molar-refractivity contribution in [3.63, 3.8) is 0 Å². The molecule has 0 saturated carbocycles. The second-order valence-corrected chi connectivity index (χ2v) is 8.31. The summed E-state index contributed by atoms with van der Waals surface area (Å²) in [5.74, 6) is -1.24. The first kappa shape index (κ1) is 20.3. The van der Waals surface area contributed by atoms with Crippen molar-refractivity contribution in [2.45, 2.75) is 13.5 Å². The summed E-state index contributed by atoms with van der Waals surface area (Å²) in [4.78, 5) is 41.4. The molecule has 0 aliphatic carbocycles. The number of ether oxygens (including phenoxy) is 1. The highest BCUT2D eigenvalue weighted by Crippen LogP contribution is 2.44. The fraction of sp³-hybridized carbons (Fsp3) is 0.182. The zero-order chi connectivity index (χ0) is 21.3. The molecular weight excluding hydrogens is 420 g/mol. The minimum Gasteiger partial charge on any atom is -0.465 e. The fourth-order valence-corrected chi connectivity index (χ4v) is 4.77. The summed E-state index contributed by atoms with van der Waals surface area (Å²) in [5, 5.41) is 0. The molecule has 2 aromatic carbocycles. The molecule has 0 unspecified atom stereocenters. The number of hydrogen-bond acceptors (Lipinski definition) is 6. The Kier molecular flexibility index (Phi) is 5.69. The molecule has 0 aromatic heterocycles. The van der Waals surface area contributed by atoms with Crippen LogP contribution in [-0.2, 0) is 25.7 Å². The standard InChI is InChI=1S/C22H18N2O4S2/c1-2-28-17(25)13-24-21(27)19(30-22(24)29)18-15-10-6-7-11-16(15)23(20(18)26)12-14-8-4-3-5-9-14/h3-11H,2,12-13H2,1H3. The zero-order valence-corrected chi connectivity index (χ0v) is 17.8. The SMILES string of the molecule is CCOC(=O)CN1C(=O)C(=C2C(=O)N(Cc3ccccc3)c3ccccc32)SC1=S. The Bertz CT molecular complexity index is 1080. The van der Waals surface area contributed by atoms with E-state index in [0.29, 0.717) is 17.7 Å². The van der Waals surface area contributed by atoms with E-state index in [0.717, 1.165) is 23.0 Å². The van der Waals surface area contributed by atoms with Gasteiger partial charge in [0.15, 0.2) is 0 Å². The smallest absolute Gasteiger partial charge is 0.326 e. The van der Waals surface area contributed by atoms with Crippen LogP contribution in [0.1, 0.15) is 18.1 Å². The summed E-state index contributed by atoms with van der Waals surface area (Å²) >= 11 is 6.35. The van der Waals surface area contributed by atoms with Crippen LogP contribution >= 0.6 is 24.0 Å². The van der Waals surface area contributed by atoms with Crippen LogP contribution in [0.5, 0.6) is 0 Å². The summed E-state index contributed by atoms with van der Waals surface area (Å²) in [6.07, 6.45) is 0. The second kappa shape index (κ2) is 8.41. The maximum absolute atomic E-state index is 13.4. The Morgan fingerprint density at radius 1 is 1.00 bits per heavy atom. The van der Waals surface area contributed by atoms with Crippen molar-refractivity contribution in [3.05, 3.63) is 70.6 Å². The van der Waals surface area contributed by atoms with E-state index in [1.807, 2.05) is 54.6 Å². The molecule has 8 heteroatoms. The number of esters is 1. The molecule has 2 aromatic rings. The molecule has 4 rings (SSSR count). The van der Waals surface area contributed by atoms with Crippen LogP contribution in [0.4, 0.5) is 5.69 Å². The summed E-state index contributed by atoms with van der Waals surface area (Å²) in [6, 6.07) is 17.0. The van der Waals surface area contributed by atoms with E-state index in [2.05, 4.69) is 0 Å². The topological polar surface area (TPSA) is 66.9 Å². The normalized spacial score (nSPS) is 18.2. The largest absolute Gasteiger partial charge is 0.465 e. The molecule has 30 heavy (non-hydrogen) atoms. The highest BCUT2D eigenvalue weighted by Gasteiger charge is 2.42. The van der Waals surface area contributed by atoms with Crippen LogP contribution in [0.15, 0.2) is 59.5 Å².